The molecule has 0 rings (SSSR count). The van der Waals surface area contributed by atoms with Crippen molar-refractivity contribution in [2.24, 2.45) is 5.41 Å². The Morgan fingerprint density at radius 2 is 1.75 bits per heavy atom. The van der Waals surface area contributed by atoms with Crippen LogP contribution in [0.1, 0.15) is 33.6 Å². The van der Waals surface area contributed by atoms with Crippen molar-refractivity contribution < 1.29 is 14.7 Å². The molecule has 0 saturated carbocycles. The lowest BCUT2D eigenvalue weighted by Gasteiger charge is -2.26. The molecule has 5 nitrogen and oxygen atoms in total. The van der Waals surface area contributed by atoms with E-state index in [4.69, 9.17) is 5.11 Å². The first-order valence-corrected chi connectivity index (χ1v) is 5.73. The fourth-order valence-corrected chi connectivity index (χ4v) is 1.45. The zero-order chi connectivity index (χ0) is 12.6. The Kier molecular flexibility index (Phi) is 6.72. The SMILES string of the molecule is CCNCC(=O)NCC(CC)(CC)C(=O)O. The topological polar surface area (TPSA) is 78.4 Å². The molecule has 0 spiro atoms. The maximum atomic E-state index is 11.3. The Hall–Kier alpha value is -1.10. The maximum Gasteiger partial charge on any atom is 0.311 e. The van der Waals surface area contributed by atoms with Gasteiger partial charge in [-0.2, -0.15) is 0 Å². The van der Waals surface area contributed by atoms with Crippen LogP contribution in [0.25, 0.3) is 0 Å². The van der Waals surface area contributed by atoms with Crippen molar-refractivity contribution in [1.82, 2.24) is 10.6 Å². The molecule has 0 aromatic rings. The van der Waals surface area contributed by atoms with Crippen molar-refractivity contribution in [1.29, 1.82) is 0 Å². The number of hydrogen-bond acceptors (Lipinski definition) is 3. The van der Waals surface area contributed by atoms with E-state index in [0.717, 1.165) is 6.54 Å². The Morgan fingerprint density at radius 1 is 1.19 bits per heavy atom. The summed E-state index contributed by atoms with van der Waals surface area (Å²) < 4.78 is 0. The summed E-state index contributed by atoms with van der Waals surface area (Å²) in [4.78, 5) is 22.5. The number of carboxylic acids is 1. The first-order valence-electron chi connectivity index (χ1n) is 5.73. The first-order chi connectivity index (χ1) is 7.52. The smallest absolute Gasteiger partial charge is 0.311 e. The highest BCUT2D eigenvalue weighted by Gasteiger charge is 2.34. The number of carbonyl (C=O) groups excluding carboxylic acids is 1. The van der Waals surface area contributed by atoms with Crippen LogP contribution in [-0.4, -0.2) is 36.6 Å². The van der Waals surface area contributed by atoms with Gasteiger partial charge in [-0.05, 0) is 19.4 Å². The monoisotopic (exact) mass is 230 g/mol. The van der Waals surface area contributed by atoms with Crippen LogP contribution < -0.4 is 10.6 Å². The highest BCUT2D eigenvalue weighted by Crippen LogP contribution is 2.25. The summed E-state index contributed by atoms with van der Waals surface area (Å²) in [7, 11) is 0. The molecular formula is C11H22N2O3. The maximum absolute atomic E-state index is 11.3. The average Bonchev–Trinajstić information content (AvgIpc) is 2.28. The molecule has 0 radical (unpaired) electrons. The summed E-state index contributed by atoms with van der Waals surface area (Å²) in [6.07, 6.45) is 1.03. The highest BCUT2D eigenvalue weighted by molar-refractivity contribution is 5.80. The molecule has 0 fully saturated rings. The molecule has 0 aromatic heterocycles. The van der Waals surface area contributed by atoms with E-state index in [1.807, 2.05) is 20.8 Å². The van der Waals surface area contributed by atoms with Crippen LogP contribution in [0, 0.1) is 5.41 Å². The average molecular weight is 230 g/mol. The number of carbonyl (C=O) groups is 2. The second kappa shape index (κ2) is 7.22. The van der Waals surface area contributed by atoms with E-state index in [1.165, 1.54) is 0 Å². The van der Waals surface area contributed by atoms with Crippen molar-refractivity contribution >= 4 is 11.9 Å². The van der Waals surface area contributed by atoms with Gasteiger partial charge in [-0.15, -0.1) is 0 Å². The predicted molar refractivity (Wildman–Crippen MR) is 62.2 cm³/mol. The molecule has 0 saturated heterocycles. The van der Waals surface area contributed by atoms with Crippen LogP contribution in [-0.2, 0) is 9.59 Å². The van der Waals surface area contributed by atoms with E-state index in [1.54, 1.807) is 0 Å². The summed E-state index contributed by atoms with van der Waals surface area (Å²) in [6, 6.07) is 0. The van der Waals surface area contributed by atoms with Gasteiger partial charge in [-0.25, -0.2) is 0 Å². The molecule has 0 atom stereocenters. The fraction of sp³-hybridized carbons (Fsp3) is 0.818. The third kappa shape index (κ3) is 4.18. The molecule has 1 amide bonds. The van der Waals surface area contributed by atoms with Gasteiger partial charge in [0.05, 0.1) is 12.0 Å². The zero-order valence-corrected chi connectivity index (χ0v) is 10.3. The van der Waals surface area contributed by atoms with Crippen molar-refractivity contribution in [2.75, 3.05) is 19.6 Å². The first kappa shape index (κ1) is 14.9. The standard InChI is InChI=1S/C11H22N2O3/c1-4-11(5-2,10(15)16)8-13-9(14)7-12-6-3/h12H,4-8H2,1-3H3,(H,13,14)(H,15,16). The number of carboxylic acid groups (broad SMARTS) is 1. The molecule has 0 aliphatic carbocycles. The lowest BCUT2D eigenvalue weighted by Crippen LogP contribution is -2.44. The van der Waals surface area contributed by atoms with Crippen LogP contribution in [0.4, 0.5) is 0 Å². The van der Waals surface area contributed by atoms with Crippen LogP contribution in [0.15, 0.2) is 0 Å². The molecule has 0 aromatic carbocycles. The fourth-order valence-electron chi connectivity index (χ4n) is 1.45. The van der Waals surface area contributed by atoms with E-state index in [0.29, 0.717) is 12.8 Å². The number of aliphatic carboxylic acids is 1. The Bertz CT molecular complexity index is 237. The van der Waals surface area contributed by atoms with Gasteiger partial charge in [0.15, 0.2) is 0 Å². The molecule has 16 heavy (non-hydrogen) atoms. The van der Waals surface area contributed by atoms with Gasteiger partial charge in [-0.1, -0.05) is 20.8 Å². The lowest BCUT2D eigenvalue weighted by molar-refractivity contribution is -0.149. The normalized spacial score (nSPS) is 11.2. The molecule has 0 heterocycles. The van der Waals surface area contributed by atoms with Crippen molar-refractivity contribution in [3.05, 3.63) is 0 Å². The Balaban J connectivity index is 4.22. The van der Waals surface area contributed by atoms with E-state index < -0.39 is 11.4 Å². The second-order valence-electron chi connectivity index (χ2n) is 3.85. The van der Waals surface area contributed by atoms with E-state index in [-0.39, 0.29) is 19.0 Å². The highest BCUT2D eigenvalue weighted by atomic mass is 16.4. The number of hydrogen-bond donors (Lipinski definition) is 3. The number of likely N-dealkylation sites (N-methyl/N-ethyl adjacent to an activating group) is 1. The largest absolute Gasteiger partial charge is 0.481 e. The summed E-state index contributed by atoms with van der Waals surface area (Å²) >= 11 is 0. The molecule has 0 aliphatic rings. The van der Waals surface area contributed by atoms with Gasteiger partial charge in [-0.3, -0.25) is 9.59 Å². The minimum atomic E-state index is -0.846. The molecule has 94 valence electrons. The van der Waals surface area contributed by atoms with Gasteiger partial charge in [0, 0.05) is 6.54 Å². The number of nitrogens with one attached hydrogen (secondary N) is 2. The lowest BCUT2D eigenvalue weighted by atomic mass is 9.82. The second-order valence-corrected chi connectivity index (χ2v) is 3.85. The van der Waals surface area contributed by atoms with Crippen LogP contribution >= 0.6 is 0 Å². The van der Waals surface area contributed by atoms with Gasteiger partial charge in [0.25, 0.3) is 0 Å². The van der Waals surface area contributed by atoms with Gasteiger partial charge >= 0.3 is 5.97 Å². The summed E-state index contributed by atoms with van der Waals surface area (Å²) in [5, 5.41) is 14.7. The van der Waals surface area contributed by atoms with Crippen molar-refractivity contribution in [3.63, 3.8) is 0 Å². The predicted octanol–water partition coefficient (Wildman–Crippen LogP) is 0.603. The van der Waals surface area contributed by atoms with Crippen LogP contribution in [0.3, 0.4) is 0 Å². The van der Waals surface area contributed by atoms with E-state index in [2.05, 4.69) is 10.6 Å². The molecule has 3 N–H and O–H groups in total. The van der Waals surface area contributed by atoms with Gasteiger partial charge in [0.2, 0.25) is 5.91 Å². The van der Waals surface area contributed by atoms with Crippen molar-refractivity contribution in [2.45, 2.75) is 33.6 Å². The summed E-state index contributed by atoms with van der Waals surface area (Å²) in [5.41, 5.74) is -0.831. The van der Waals surface area contributed by atoms with Crippen LogP contribution in [0.2, 0.25) is 0 Å². The third-order valence-corrected chi connectivity index (χ3v) is 2.97. The van der Waals surface area contributed by atoms with Crippen molar-refractivity contribution in [3.8, 4) is 0 Å². The Labute approximate surface area is 96.6 Å². The van der Waals surface area contributed by atoms with E-state index >= 15 is 0 Å². The minimum absolute atomic E-state index is 0.158. The molecule has 0 aliphatic heterocycles. The number of amides is 1. The van der Waals surface area contributed by atoms with Gasteiger partial charge < -0.3 is 15.7 Å². The van der Waals surface area contributed by atoms with E-state index in [9.17, 15) is 9.59 Å². The quantitative estimate of drug-likeness (QED) is 0.570. The third-order valence-electron chi connectivity index (χ3n) is 2.97. The van der Waals surface area contributed by atoms with Crippen LogP contribution in [0.5, 0.6) is 0 Å². The summed E-state index contributed by atoms with van der Waals surface area (Å²) in [6.45, 7) is 6.72. The molecular weight excluding hydrogens is 208 g/mol. The minimum Gasteiger partial charge on any atom is -0.481 e. The Morgan fingerprint density at radius 3 is 2.12 bits per heavy atom. The zero-order valence-electron chi connectivity index (χ0n) is 10.3. The molecule has 0 bridgehead atoms. The summed E-state index contributed by atoms with van der Waals surface area (Å²) in [5.74, 6) is -1.00. The number of rotatable bonds is 8. The van der Waals surface area contributed by atoms with Gasteiger partial charge in [0.1, 0.15) is 0 Å². The molecule has 5 heteroatoms. The molecule has 0 unspecified atom stereocenters.